The van der Waals surface area contributed by atoms with Crippen LogP contribution in [0.3, 0.4) is 0 Å². The molecule has 0 aromatic heterocycles. The number of benzene rings is 2. The van der Waals surface area contributed by atoms with Gasteiger partial charge in [-0.3, -0.25) is 10.1 Å². The first-order valence-electron chi connectivity index (χ1n) is 6.09. The number of nitro groups is 1. The van der Waals surface area contributed by atoms with Crippen LogP contribution >= 0.6 is 0 Å². The normalized spacial score (nSPS) is 9.95. The van der Waals surface area contributed by atoms with Crippen molar-refractivity contribution in [2.45, 2.75) is 13.5 Å². The lowest BCUT2D eigenvalue weighted by Crippen LogP contribution is -2.03. The second-order valence-electron chi connectivity index (χ2n) is 4.36. The molecule has 0 aliphatic heterocycles. The van der Waals surface area contributed by atoms with Gasteiger partial charge in [-0.2, -0.15) is 5.26 Å². The first-order valence-corrected chi connectivity index (χ1v) is 6.09. The van der Waals surface area contributed by atoms with Crippen LogP contribution in [0.1, 0.15) is 16.7 Å². The molecule has 0 saturated carbocycles. The van der Waals surface area contributed by atoms with E-state index in [1.165, 1.54) is 24.3 Å². The number of halogens is 1. The van der Waals surface area contributed by atoms with Gasteiger partial charge in [-0.25, -0.2) is 4.39 Å². The Balaban J connectivity index is 2.28. The van der Waals surface area contributed by atoms with Crippen molar-refractivity contribution < 1.29 is 14.1 Å². The predicted molar refractivity (Wildman–Crippen MR) is 73.3 cm³/mol. The number of rotatable bonds is 4. The van der Waals surface area contributed by atoms with Crippen molar-refractivity contribution in [2.24, 2.45) is 0 Å². The quantitative estimate of drug-likeness (QED) is 0.636. The number of para-hydroxylation sites is 1. The number of nitro benzene ring substituents is 1. The molecule has 2 rings (SSSR count). The number of hydrogen-bond donors (Lipinski definition) is 0. The molecule has 6 heteroatoms. The Morgan fingerprint density at radius 2 is 2.05 bits per heavy atom. The van der Waals surface area contributed by atoms with E-state index in [0.717, 1.165) is 0 Å². The molecular formula is C15H11FN2O3. The third-order valence-corrected chi connectivity index (χ3v) is 2.97. The van der Waals surface area contributed by atoms with Crippen molar-refractivity contribution in [1.82, 2.24) is 0 Å². The molecule has 2 aromatic carbocycles. The van der Waals surface area contributed by atoms with Crippen LogP contribution in [-0.2, 0) is 6.61 Å². The lowest BCUT2D eigenvalue weighted by molar-refractivity contribution is -0.386. The maximum Gasteiger partial charge on any atom is 0.313 e. The van der Waals surface area contributed by atoms with Crippen molar-refractivity contribution in [2.75, 3.05) is 0 Å². The van der Waals surface area contributed by atoms with Gasteiger partial charge in [-0.05, 0) is 19.1 Å². The fourth-order valence-corrected chi connectivity index (χ4v) is 1.92. The molecule has 0 fully saturated rings. The molecular weight excluding hydrogens is 275 g/mol. The second-order valence-corrected chi connectivity index (χ2v) is 4.36. The summed E-state index contributed by atoms with van der Waals surface area (Å²) in [6.07, 6.45) is 0. The van der Waals surface area contributed by atoms with Gasteiger partial charge in [0.25, 0.3) is 0 Å². The summed E-state index contributed by atoms with van der Waals surface area (Å²) in [5.41, 5.74) is 0.401. The van der Waals surface area contributed by atoms with Gasteiger partial charge in [0.2, 0.25) is 0 Å². The van der Waals surface area contributed by atoms with E-state index < -0.39 is 10.7 Å². The molecule has 5 nitrogen and oxygen atoms in total. The predicted octanol–water partition coefficient (Wildman–Crippen LogP) is 3.49. The lowest BCUT2D eigenvalue weighted by atomic mass is 10.1. The van der Waals surface area contributed by atoms with Crippen LogP contribution < -0.4 is 4.74 Å². The fourth-order valence-electron chi connectivity index (χ4n) is 1.92. The van der Waals surface area contributed by atoms with Gasteiger partial charge in [0, 0.05) is 11.1 Å². The summed E-state index contributed by atoms with van der Waals surface area (Å²) in [5.74, 6) is -0.600. The average Bonchev–Trinajstić information content (AvgIpc) is 2.45. The lowest BCUT2D eigenvalue weighted by Gasteiger charge is -2.09. The monoisotopic (exact) mass is 286 g/mol. The topological polar surface area (TPSA) is 76.2 Å². The van der Waals surface area contributed by atoms with Crippen LogP contribution in [0.5, 0.6) is 5.75 Å². The van der Waals surface area contributed by atoms with Crippen LogP contribution in [0.15, 0.2) is 36.4 Å². The van der Waals surface area contributed by atoms with E-state index >= 15 is 0 Å². The SMILES string of the molecule is Cc1cccc(OCc2cccc(C#N)c2F)c1[N+](=O)[O-]. The number of aryl methyl sites for hydroxylation is 1. The highest BCUT2D eigenvalue weighted by atomic mass is 19.1. The Kier molecular flexibility index (Phi) is 4.14. The van der Waals surface area contributed by atoms with Gasteiger partial charge in [-0.15, -0.1) is 0 Å². The van der Waals surface area contributed by atoms with E-state index in [-0.39, 0.29) is 29.2 Å². The Morgan fingerprint density at radius 1 is 1.33 bits per heavy atom. The zero-order chi connectivity index (χ0) is 15.4. The minimum Gasteiger partial charge on any atom is -0.482 e. The minimum absolute atomic E-state index is 0.0711. The molecule has 0 amide bonds. The second kappa shape index (κ2) is 6.01. The molecule has 0 N–H and O–H groups in total. The van der Waals surface area contributed by atoms with Crippen LogP contribution in [0.2, 0.25) is 0 Å². The number of hydrogen-bond acceptors (Lipinski definition) is 4. The van der Waals surface area contributed by atoms with E-state index in [1.807, 2.05) is 0 Å². The third-order valence-electron chi connectivity index (χ3n) is 2.97. The highest BCUT2D eigenvalue weighted by molar-refractivity contribution is 5.52. The van der Waals surface area contributed by atoms with Gasteiger partial charge in [0.15, 0.2) is 5.75 Å². The fraction of sp³-hybridized carbons (Fsp3) is 0.133. The van der Waals surface area contributed by atoms with Crippen LogP contribution in [0, 0.1) is 34.2 Å². The van der Waals surface area contributed by atoms with Crippen LogP contribution in [-0.4, -0.2) is 4.92 Å². The molecule has 0 unspecified atom stereocenters. The maximum absolute atomic E-state index is 13.9. The number of nitriles is 1. The summed E-state index contributed by atoms with van der Waals surface area (Å²) in [6, 6.07) is 10.8. The first-order chi connectivity index (χ1) is 10.0. The Hall–Kier alpha value is -2.94. The van der Waals surface area contributed by atoms with E-state index in [1.54, 1.807) is 25.1 Å². The molecule has 0 atom stereocenters. The van der Waals surface area contributed by atoms with Crippen molar-refractivity contribution in [3.63, 3.8) is 0 Å². The van der Waals surface area contributed by atoms with Crippen molar-refractivity contribution in [3.8, 4) is 11.8 Å². The number of ether oxygens (including phenoxy) is 1. The summed E-state index contributed by atoms with van der Waals surface area (Å²) in [4.78, 5) is 10.5. The molecule has 0 bridgehead atoms. The summed E-state index contributed by atoms with van der Waals surface area (Å²) in [7, 11) is 0. The summed E-state index contributed by atoms with van der Waals surface area (Å²) < 4.78 is 19.2. The van der Waals surface area contributed by atoms with Crippen LogP contribution in [0.4, 0.5) is 10.1 Å². The van der Waals surface area contributed by atoms with E-state index in [4.69, 9.17) is 10.00 Å². The smallest absolute Gasteiger partial charge is 0.313 e. The van der Waals surface area contributed by atoms with Gasteiger partial charge >= 0.3 is 5.69 Å². The molecule has 106 valence electrons. The van der Waals surface area contributed by atoms with Gasteiger partial charge in [-0.1, -0.05) is 24.3 Å². The Morgan fingerprint density at radius 3 is 2.71 bits per heavy atom. The van der Waals surface area contributed by atoms with Gasteiger partial charge < -0.3 is 4.74 Å². The molecule has 0 spiro atoms. The van der Waals surface area contributed by atoms with Crippen LogP contribution in [0.25, 0.3) is 0 Å². The van der Waals surface area contributed by atoms with Crippen molar-refractivity contribution in [3.05, 3.63) is 69.0 Å². The van der Waals surface area contributed by atoms with Crippen molar-refractivity contribution in [1.29, 1.82) is 5.26 Å². The summed E-state index contributed by atoms with van der Waals surface area (Å²) in [6.45, 7) is 1.41. The number of nitrogens with zero attached hydrogens (tertiary/aromatic N) is 2. The molecule has 0 aliphatic rings. The van der Waals surface area contributed by atoms with Gasteiger partial charge in [0.05, 0.1) is 10.5 Å². The molecule has 0 aliphatic carbocycles. The highest BCUT2D eigenvalue weighted by Crippen LogP contribution is 2.31. The zero-order valence-electron chi connectivity index (χ0n) is 11.2. The molecule has 2 aromatic rings. The molecule has 0 radical (unpaired) electrons. The van der Waals surface area contributed by atoms with E-state index in [9.17, 15) is 14.5 Å². The summed E-state index contributed by atoms with van der Waals surface area (Å²) >= 11 is 0. The van der Waals surface area contributed by atoms with Crippen molar-refractivity contribution >= 4 is 5.69 Å². The minimum atomic E-state index is -0.671. The Bertz CT molecular complexity index is 738. The molecule has 21 heavy (non-hydrogen) atoms. The molecule has 0 heterocycles. The average molecular weight is 286 g/mol. The van der Waals surface area contributed by atoms with E-state index in [0.29, 0.717) is 5.56 Å². The highest BCUT2D eigenvalue weighted by Gasteiger charge is 2.18. The summed E-state index contributed by atoms with van der Waals surface area (Å²) in [5, 5.41) is 19.8. The Labute approximate surface area is 120 Å². The maximum atomic E-state index is 13.9. The molecule has 0 saturated heterocycles. The van der Waals surface area contributed by atoms with E-state index in [2.05, 4.69) is 0 Å². The zero-order valence-corrected chi connectivity index (χ0v) is 11.2. The first kappa shape index (κ1) is 14.5. The largest absolute Gasteiger partial charge is 0.482 e. The third kappa shape index (κ3) is 2.98. The standard InChI is InChI=1S/C15H11FN2O3/c1-10-4-2-7-13(15(10)18(19)20)21-9-12-6-3-5-11(8-17)14(12)16/h2-7H,9H2,1H3. The van der Waals surface area contributed by atoms with Gasteiger partial charge in [0.1, 0.15) is 18.5 Å².